The molecule has 0 aliphatic rings. The van der Waals surface area contributed by atoms with Crippen LogP contribution in [-0.4, -0.2) is 22.3 Å². The summed E-state index contributed by atoms with van der Waals surface area (Å²) < 4.78 is 19.9. The van der Waals surface area contributed by atoms with E-state index >= 15 is 0 Å². The van der Waals surface area contributed by atoms with Crippen LogP contribution >= 0.6 is 0 Å². The second-order valence-electron chi connectivity index (χ2n) is 8.42. The van der Waals surface area contributed by atoms with E-state index in [0.717, 1.165) is 22.9 Å². The molecule has 0 fully saturated rings. The maximum atomic E-state index is 14.1. The number of benzene rings is 3. The quantitative estimate of drug-likeness (QED) is 0.343. The highest BCUT2D eigenvalue weighted by atomic mass is 19.1. The number of hydrogen-bond donors (Lipinski definition) is 3. The maximum absolute atomic E-state index is 14.1. The fourth-order valence-electron chi connectivity index (χ4n) is 3.72. The minimum Gasteiger partial charge on any atom is -0.505 e. The van der Waals surface area contributed by atoms with Crippen LogP contribution in [0.15, 0.2) is 72.8 Å². The van der Waals surface area contributed by atoms with E-state index in [9.17, 15) is 19.1 Å². The van der Waals surface area contributed by atoms with Crippen LogP contribution in [0, 0.1) is 11.2 Å². The average molecular weight is 451 g/mol. The molecule has 0 radical (unpaired) electrons. The van der Waals surface area contributed by atoms with Crippen molar-refractivity contribution in [1.82, 2.24) is 0 Å². The summed E-state index contributed by atoms with van der Waals surface area (Å²) in [6.45, 7) is 3.70. The zero-order valence-electron chi connectivity index (χ0n) is 18.4. The summed E-state index contributed by atoms with van der Waals surface area (Å²) >= 11 is 0. The topological polar surface area (TPSA) is 95.9 Å². The molecule has 0 saturated carbocycles. The SMILES string of the molecule is CC(C)(CC/C=C/C(=O)O)[C@@H](OC(=O)Nc1cccc2ccccc12)c1ccc(O)c(F)c1. The molecule has 0 aliphatic heterocycles. The number of allylic oxidation sites excluding steroid dienone is 1. The third-order valence-electron chi connectivity index (χ3n) is 5.45. The van der Waals surface area contributed by atoms with Gasteiger partial charge in [0.1, 0.15) is 6.10 Å². The Kier molecular flexibility index (Phi) is 7.33. The van der Waals surface area contributed by atoms with Gasteiger partial charge in [-0.15, -0.1) is 0 Å². The minimum atomic E-state index is -1.05. The van der Waals surface area contributed by atoms with Crippen LogP contribution in [0.25, 0.3) is 10.8 Å². The zero-order valence-corrected chi connectivity index (χ0v) is 18.4. The Balaban J connectivity index is 1.85. The first-order valence-corrected chi connectivity index (χ1v) is 10.5. The lowest BCUT2D eigenvalue weighted by Crippen LogP contribution is -2.29. The predicted octanol–water partition coefficient (Wildman–Crippen LogP) is 6.42. The molecule has 1 amide bonds. The number of hydrogen-bond acceptors (Lipinski definition) is 4. The van der Waals surface area contributed by atoms with E-state index in [1.54, 1.807) is 6.07 Å². The van der Waals surface area contributed by atoms with Crippen molar-refractivity contribution >= 4 is 28.5 Å². The number of phenolic OH excluding ortho intramolecular Hbond substituents is 1. The molecule has 172 valence electrons. The van der Waals surface area contributed by atoms with Gasteiger partial charge in [-0.3, -0.25) is 5.32 Å². The lowest BCUT2D eigenvalue weighted by molar-refractivity contribution is -0.131. The van der Waals surface area contributed by atoms with Gasteiger partial charge in [-0.25, -0.2) is 14.0 Å². The summed E-state index contributed by atoms with van der Waals surface area (Å²) in [4.78, 5) is 23.6. The van der Waals surface area contributed by atoms with Gasteiger partial charge in [0.2, 0.25) is 0 Å². The van der Waals surface area contributed by atoms with E-state index in [4.69, 9.17) is 9.84 Å². The van der Waals surface area contributed by atoms with E-state index in [2.05, 4.69) is 5.32 Å². The van der Waals surface area contributed by atoms with Crippen LogP contribution in [0.4, 0.5) is 14.9 Å². The number of aliphatic carboxylic acids is 1. The normalized spacial score (nSPS) is 12.6. The Morgan fingerprint density at radius 1 is 1.12 bits per heavy atom. The van der Waals surface area contributed by atoms with Gasteiger partial charge in [0.25, 0.3) is 0 Å². The number of carboxylic acids is 1. The molecule has 3 aromatic rings. The van der Waals surface area contributed by atoms with Crippen molar-refractivity contribution < 1.29 is 28.9 Å². The monoisotopic (exact) mass is 451 g/mol. The Morgan fingerprint density at radius 3 is 2.58 bits per heavy atom. The van der Waals surface area contributed by atoms with Crippen LogP contribution < -0.4 is 5.32 Å². The number of fused-ring (bicyclic) bond motifs is 1. The van der Waals surface area contributed by atoms with Gasteiger partial charge >= 0.3 is 12.1 Å². The van der Waals surface area contributed by atoms with E-state index in [-0.39, 0.29) is 0 Å². The summed E-state index contributed by atoms with van der Waals surface area (Å²) in [7, 11) is 0. The third-order valence-corrected chi connectivity index (χ3v) is 5.45. The summed E-state index contributed by atoms with van der Waals surface area (Å²) in [6.07, 6.45) is 1.89. The van der Waals surface area contributed by atoms with E-state index in [1.165, 1.54) is 18.2 Å². The predicted molar refractivity (Wildman–Crippen MR) is 125 cm³/mol. The Labute approximate surface area is 191 Å². The van der Waals surface area contributed by atoms with Crippen molar-refractivity contribution in [3.05, 3.63) is 84.2 Å². The Hall–Kier alpha value is -3.87. The second-order valence-corrected chi connectivity index (χ2v) is 8.42. The van der Waals surface area contributed by atoms with Gasteiger partial charge in [0, 0.05) is 16.9 Å². The molecule has 0 saturated heterocycles. The first kappa shape index (κ1) is 23.8. The van der Waals surface area contributed by atoms with Crippen molar-refractivity contribution in [3.63, 3.8) is 0 Å². The highest BCUT2D eigenvalue weighted by Crippen LogP contribution is 2.41. The van der Waals surface area contributed by atoms with Crippen molar-refractivity contribution in [3.8, 4) is 5.75 Å². The molecular weight excluding hydrogens is 425 g/mol. The number of nitrogens with one attached hydrogen (secondary N) is 1. The molecule has 6 nitrogen and oxygen atoms in total. The molecule has 0 spiro atoms. The zero-order chi connectivity index (χ0) is 24.0. The maximum Gasteiger partial charge on any atom is 0.412 e. The smallest absolute Gasteiger partial charge is 0.412 e. The number of halogens is 1. The van der Waals surface area contributed by atoms with Gasteiger partial charge in [-0.05, 0) is 42.0 Å². The number of amides is 1. The third kappa shape index (κ3) is 6.10. The number of carboxylic acid groups (broad SMARTS) is 1. The number of aromatic hydroxyl groups is 1. The molecule has 33 heavy (non-hydrogen) atoms. The van der Waals surface area contributed by atoms with Gasteiger partial charge in [-0.1, -0.05) is 62.4 Å². The number of phenols is 1. The van der Waals surface area contributed by atoms with Crippen molar-refractivity contribution in [2.75, 3.05) is 5.32 Å². The van der Waals surface area contributed by atoms with Crippen molar-refractivity contribution in [2.45, 2.75) is 32.8 Å². The largest absolute Gasteiger partial charge is 0.505 e. The molecule has 3 N–H and O–H groups in total. The van der Waals surface area contributed by atoms with E-state index in [0.29, 0.717) is 24.1 Å². The second kappa shape index (κ2) is 10.2. The fourth-order valence-corrected chi connectivity index (χ4v) is 3.72. The Morgan fingerprint density at radius 2 is 1.85 bits per heavy atom. The van der Waals surface area contributed by atoms with Gasteiger partial charge in [0.15, 0.2) is 11.6 Å². The molecule has 0 aliphatic carbocycles. The standard InChI is InChI=1S/C26H26FNO5/c1-26(2,15-6-5-12-23(30)31)24(18-13-14-22(29)20(27)16-18)33-25(32)28-21-11-7-9-17-8-3-4-10-19(17)21/h3-5,7-14,16,24,29H,6,15H2,1-2H3,(H,28,32)(H,30,31)/b12-5+/t24-/m0/s1. The molecule has 1 atom stereocenters. The summed E-state index contributed by atoms with van der Waals surface area (Å²) in [6, 6.07) is 17.0. The van der Waals surface area contributed by atoms with Gasteiger partial charge < -0.3 is 14.9 Å². The fraction of sp³-hybridized carbons (Fsp3) is 0.231. The first-order chi connectivity index (χ1) is 15.7. The minimum absolute atomic E-state index is 0.380. The number of anilines is 1. The summed E-state index contributed by atoms with van der Waals surface area (Å²) in [5.41, 5.74) is 0.282. The molecule has 0 unspecified atom stereocenters. The van der Waals surface area contributed by atoms with E-state index < -0.39 is 35.1 Å². The summed E-state index contributed by atoms with van der Waals surface area (Å²) in [5, 5.41) is 22.9. The molecule has 0 heterocycles. The molecular formula is C26H26FNO5. The van der Waals surface area contributed by atoms with Crippen LogP contribution in [0.2, 0.25) is 0 Å². The van der Waals surface area contributed by atoms with Crippen molar-refractivity contribution in [1.29, 1.82) is 0 Å². The average Bonchev–Trinajstić information content (AvgIpc) is 2.77. The molecule has 3 aromatic carbocycles. The molecule has 0 bridgehead atoms. The number of rotatable bonds is 8. The van der Waals surface area contributed by atoms with Crippen molar-refractivity contribution in [2.24, 2.45) is 5.41 Å². The molecule has 0 aromatic heterocycles. The molecule has 3 rings (SSSR count). The lowest BCUT2D eigenvalue weighted by Gasteiger charge is -2.34. The highest BCUT2D eigenvalue weighted by Gasteiger charge is 2.34. The van der Waals surface area contributed by atoms with Gasteiger partial charge in [-0.2, -0.15) is 0 Å². The number of carbonyl (C=O) groups excluding carboxylic acids is 1. The first-order valence-electron chi connectivity index (χ1n) is 10.5. The van der Waals surface area contributed by atoms with Crippen LogP contribution in [0.3, 0.4) is 0 Å². The molecule has 7 heteroatoms. The highest BCUT2D eigenvalue weighted by molar-refractivity contribution is 6.00. The van der Waals surface area contributed by atoms with E-state index in [1.807, 2.05) is 50.2 Å². The Bertz CT molecular complexity index is 1180. The van der Waals surface area contributed by atoms with Crippen LogP contribution in [-0.2, 0) is 9.53 Å². The number of ether oxygens (including phenoxy) is 1. The van der Waals surface area contributed by atoms with Crippen LogP contribution in [0.1, 0.15) is 38.4 Å². The number of carbonyl (C=O) groups is 2. The van der Waals surface area contributed by atoms with Gasteiger partial charge in [0.05, 0.1) is 5.69 Å². The summed E-state index contributed by atoms with van der Waals surface area (Å²) in [5.74, 6) is -2.37. The lowest BCUT2D eigenvalue weighted by atomic mass is 9.78. The van der Waals surface area contributed by atoms with Crippen LogP contribution in [0.5, 0.6) is 5.75 Å².